The van der Waals surface area contributed by atoms with E-state index in [1.807, 2.05) is 47.4 Å². The first-order valence-corrected chi connectivity index (χ1v) is 8.54. The van der Waals surface area contributed by atoms with E-state index in [4.69, 9.17) is 0 Å². The molecule has 1 N–H and O–H groups in total. The SMILES string of the molecule is O=C(NCc1ccccc1)N1CCCC[C@H](c2ccc(F)cc2)C1. The molecule has 0 aromatic heterocycles. The maximum absolute atomic E-state index is 13.1. The molecule has 0 bridgehead atoms. The Morgan fingerprint density at radius 2 is 1.83 bits per heavy atom. The Balaban J connectivity index is 1.61. The molecular weight excluding hydrogens is 303 g/mol. The molecule has 0 unspecified atom stereocenters. The molecule has 2 aromatic rings. The highest BCUT2D eigenvalue weighted by atomic mass is 19.1. The molecule has 3 nitrogen and oxygen atoms in total. The predicted octanol–water partition coefficient (Wildman–Crippen LogP) is 4.31. The summed E-state index contributed by atoms with van der Waals surface area (Å²) in [6.45, 7) is 2.00. The molecule has 126 valence electrons. The van der Waals surface area contributed by atoms with Gasteiger partial charge in [-0.25, -0.2) is 9.18 Å². The normalized spacial score (nSPS) is 18.0. The van der Waals surface area contributed by atoms with E-state index in [-0.39, 0.29) is 17.8 Å². The highest BCUT2D eigenvalue weighted by molar-refractivity contribution is 5.74. The van der Waals surface area contributed by atoms with Gasteiger partial charge < -0.3 is 10.2 Å². The van der Waals surface area contributed by atoms with E-state index >= 15 is 0 Å². The standard InChI is InChI=1S/C20H23FN2O/c21-19-11-9-17(10-12-19)18-8-4-5-13-23(15-18)20(24)22-14-16-6-2-1-3-7-16/h1-3,6-7,9-12,18H,4-5,8,13-15H2,(H,22,24)/t18-/m0/s1. The van der Waals surface area contributed by atoms with Crippen LogP contribution in [0.1, 0.15) is 36.3 Å². The largest absolute Gasteiger partial charge is 0.334 e. The predicted molar refractivity (Wildman–Crippen MR) is 93.2 cm³/mol. The number of carbonyl (C=O) groups excluding carboxylic acids is 1. The summed E-state index contributed by atoms with van der Waals surface area (Å²) in [6.07, 6.45) is 3.13. The van der Waals surface area contributed by atoms with E-state index < -0.39 is 0 Å². The van der Waals surface area contributed by atoms with Crippen molar-refractivity contribution in [3.8, 4) is 0 Å². The van der Waals surface area contributed by atoms with Gasteiger partial charge in [0.1, 0.15) is 5.82 Å². The number of likely N-dealkylation sites (tertiary alicyclic amines) is 1. The number of benzene rings is 2. The molecule has 1 aliphatic heterocycles. The van der Waals surface area contributed by atoms with Gasteiger partial charge in [0.15, 0.2) is 0 Å². The third-order valence-electron chi connectivity index (χ3n) is 4.59. The van der Waals surface area contributed by atoms with Gasteiger partial charge in [0, 0.05) is 25.6 Å². The summed E-state index contributed by atoms with van der Waals surface area (Å²) in [6, 6.07) is 16.6. The van der Waals surface area contributed by atoms with Crippen molar-refractivity contribution in [1.82, 2.24) is 10.2 Å². The molecule has 1 saturated heterocycles. The Morgan fingerprint density at radius 1 is 1.08 bits per heavy atom. The van der Waals surface area contributed by atoms with E-state index in [0.717, 1.165) is 36.9 Å². The molecule has 1 aliphatic rings. The molecule has 0 radical (unpaired) electrons. The lowest BCUT2D eigenvalue weighted by atomic mass is 9.94. The second-order valence-corrected chi connectivity index (χ2v) is 6.33. The smallest absolute Gasteiger partial charge is 0.317 e. The monoisotopic (exact) mass is 326 g/mol. The molecule has 0 saturated carbocycles. The summed E-state index contributed by atoms with van der Waals surface area (Å²) in [4.78, 5) is 14.4. The van der Waals surface area contributed by atoms with Gasteiger partial charge in [-0.1, -0.05) is 48.9 Å². The second-order valence-electron chi connectivity index (χ2n) is 6.33. The van der Waals surface area contributed by atoms with E-state index in [2.05, 4.69) is 5.32 Å². The molecule has 1 fully saturated rings. The third kappa shape index (κ3) is 4.34. The van der Waals surface area contributed by atoms with E-state index in [0.29, 0.717) is 13.1 Å². The fraction of sp³-hybridized carbons (Fsp3) is 0.350. The lowest BCUT2D eigenvalue weighted by Gasteiger charge is -2.25. The topological polar surface area (TPSA) is 32.3 Å². The number of amides is 2. The second kappa shape index (κ2) is 7.95. The Morgan fingerprint density at radius 3 is 2.58 bits per heavy atom. The Hall–Kier alpha value is -2.36. The number of rotatable bonds is 3. The van der Waals surface area contributed by atoms with Crippen LogP contribution in [0.3, 0.4) is 0 Å². The molecule has 4 heteroatoms. The van der Waals surface area contributed by atoms with Gasteiger partial charge in [-0.05, 0) is 36.1 Å². The summed E-state index contributed by atoms with van der Waals surface area (Å²) in [7, 11) is 0. The average Bonchev–Trinajstić information content (AvgIpc) is 2.87. The van der Waals surface area contributed by atoms with Crippen molar-refractivity contribution in [3.05, 3.63) is 71.5 Å². The number of hydrogen-bond acceptors (Lipinski definition) is 1. The van der Waals surface area contributed by atoms with Gasteiger partial charge in [-0.15, -0.1) is 0 Å². The number of urea groups is 1. The number of nitrogens with zero attached hydrogens (tertiary/aromatic N) is 1. The highest BCUT2D eigenvalue weighted by Gasteiger charge is 2.23. The molecular formula is C20H23FN2O. The Bertz CT molecular complexity index is 657. The van der Waals surface area contributed by atoms with Crippen LogP contribution < -0.4 is 5.32 Å². The van der Waals surface area contributed by atoms with Gasteiger partial charge in [-0.3, -0.25) is 0 Å². The minimum atomic E-state index is -0.218. The van der Waals surface area contributed by atoms with Gasteiger partial charge >= 0.3 is 6.03 Å². The van der Waals surface area contributed by atoms with Crippen molar-refractivity contribution >= 4 is 6.03 Å². The van der Waals surface area contributed by atoms with Crippen molar-refractivity contribution in [2.24, 2.45) is 0 Å². The van der Waals surface area contributed by atoms with E-state index in [1.165, 1.54) is 12.1 Å². The molecule has 3 rings (SSSR count). The minimum Gasteiger partial charge on any atom is -0.334 e. The van der Waals surface area contributed by atoms with Crippen LogP contribution in [0.2, 0.25) is 0 Å². The molecule has 1 atom stereocenters. The number of carbonyl (C=O) groups is 1. The maximum atomic E-state index is 13.1. The highest BCUT2D eigenvalue weighted by Crippen LogP contribution is 2.26. The van der Waals surface area contributed by atoms with Crippen LogP contribution in [0.15, 0.2) is 54.6 Å². The van der Waals surface area contributed by atoms with Crippen molar-refractivity contribution in [2.45, 2.75) is 31.7 Å². The fourth-order valence-electron chi connectivity index (χ4n) is 3.22. The zero-order valence-corrected chi connectivity index (χ0v) is 13.7. The van der Waals surface area contributed by atoms with Crippen molar-refractivity contribution in [3.63, 3.8) is 0 Å². The van der Waals surface area contributed by atoms with Crippen molar-refractivity contribution in [2.75, 3.05) is 13.1 Å². The summed E-state index contributed by atoms with van der Waals surface area (Å²) >= 11 is 0. The Labute approximate surface area is 142 Å². The van der Waals surface area contributed by atoms with Gasteiger partial charge in [0.05, 0.1) is 0 Å². The zero-order chi connectivity index (χ0) is 16.8. The first kappa shape index (κ1) is 16.5. The molecule has 1 heterocycles. The van der Waals surface area contributed by atoms with Crippen LogP contribution >= 0.6 is 0 Å². The molecule has 2 amide bonds. The first-order chi connectivity index (χ1) is 11.7. The number of nitrogens with one attached hydrogen (secondary N) is 1. The van der Waals surface area contributed by atoms with E-state index in [1.54, 1.807) is 0 Å². The van der Waals surface area contributed by atoms with Crippen molar-refractivity contribution in [1.29, 1.82) is 0 Å². The van der Waals surface area contributed by atoms with Gasteiger partial charge in [0.25, 0.3) is 0 Å². The van der Waals surface area contributed by atoms with E-state index in [9.17, 15) is 9.18 Å². The summed E-state index contributed by atoms with van der Waals surface area (Å²) in [5.74, 6) is 0.0559. The van der Waals surface area contributed by atoms with Gasteiger partial charge in [0.2, 0.25) is 0 Å². The summed E-state index contributed by atoms with van der Waals surface area (Å²) in [5.41, 5.74) is 2.20. The van der Waals surface area contributed by atoms with Crippen LogP contribution in [0.4, 0.5) is 9.18 Å². The van der Waals surface area contributed by atoms with Crippen LogP contribution in [0, 0.1) is 5.82 Å². The maximum Gasteiger partial charge on any atom is 0.317 e. The zero-order valence-electron chi connectivity index (χ0n) is 13.7. The molecule has 2 aromatic carbocycles. The van der Waals surface area contributed by atoms with Crippen LogP contribution in [-0.4, -0.2) is 24.0 Å². The fourth-order valence-corrected chi connectivity index (χ4v) is 3.22. The molecule has 0 spiro atoms. The average molecular weight is 326 g/mol. The lowest BCUT2D eigenvalue weighted by Crippen LogP contribution is -2.41. The minimum absolute atomic E-state index is 0.0205. The van der Waals surface area contributed by atoms with Gasteiger partial charge in [-0.2, -0.15) is 0 Å². The van der Waals surface area contributed by atoms with Crippen LogP contribution in [0.5, 0.6) is 0 Å². The van der Waals surface area contributed by atoms with Crippen LogP contribution in [0.25, 0.3) is 0 Å². The Kier molecular flexibility index (Phi) is 5.47. The number of hydrogen-bond donors (Lipinski definition) is 1. The summed E-state index contributed by atoms with van der Waals surface area (Å²) < 4.78 is 13.1. The van der Waals surface area contributed by atoms with Crippen LogP contribution in [-0.2, 0) is 6.54 Å². The molecule has 0 aliphatic carbocycles. The quantitative estimate of drug-likeness (QED) is 0.896. The van der Waals surface area contributed by atoms with Crippen molar-refractivity contribution < 1.29 is 9.18 Å². The lowest BCUT2D eigenvalue weighted by molar-refractivity contribution is 0.197. The number of halogens is 1. The molecule has 24 heavy (non-hydrogen) atoms. The summed E-state index contributed by atoms with van der Waals surface area (Å²) in [5, 5.41) is 3.00. The third-order valence-corrected chi connectivity index (χ3v) is 4.59. The first-order valence-electron chi connectivity index (χ1n) is 8.54.